The maximum absolute atomic E-state index is 11.3. The van der Waals surface area contributed by atoms with Gasteiger partial charge in [-0.05, 0) is 35.7 Å². The average Bonchev–Trinajstić information content (AvgIpc) is 3.07. The van der Waals surface area contributed by atoms with Crippen molar-refractivity contribution in [2.75, 3.05) is 5.32 Å². The first-order chi connectivity index (χ1) is 12.5. The van der Waals surface area contributed by atoms with Crippen molar-refractivity contribution in [1.82, 2.24) is 15.0 Å². The summed E-state index contributed by atoms with van der Waals surface area (Å²) in [7, 11) is 0. The minimum atomic E-state index is -1.01. The lowest BCUT2D eigenvalue weighted by atomic mass is 10.0. The average molecular weight is 346 g/mol. The second-order valence-electron chi connectivity index (χ2n) is 6.54. The van der Waals surface area contributed by atoms with Crippen LogP contribution in [0.15, 0.2) is 48.8 Å². The number of H-pyrrole nitrogens is 1. The normalized spacial score (nSPS) is 11.3. The van der Waals surface area contributed by atoms with Gasteiger partial charge in [-0.25, -0.2) is 9.78 Å². The highest BCUT2D eigenvalue weighted by atomic mass is 16.4. The van der Waals surface area contributed by atoms with Gasteiger partial charge in [0.25, 0.3) is 0 Å². The number of rotatable bonds is 4. The lowest BCUT2D eigenvalue weighted by molar-refractivity contribution is 0.0691. The number of aromatic carboxylic acids is 1. The first-order valence-electron chi connectivity index (χ1n) is 8.39. The second-order valence-corrected chi connectivity index (χ2v) is 6.54. The van der Waals surface area contributed by atoms with Gasteiger partial charge in [-0.3, -0.25) is 4.98 Å². The number of nitrogens with one attached hydrogen (secondary N) is 2. The Morgan fingerprint density at radius 1 is 1.15 bits per heavy atom. The van der Waals surface area contributed by atoms with Gasteiger partial charge < -0.3 is 15.4 Å². The molecule has 6 heteroatoms. The number of hydrogen-bond acceptors (Lipinski definition) is 4. The molecule has 0 saturated heterocycles. The third-order valence-corrected chi connectivity index (χ3v) is 4.43. The molecule has 0 spiro atoms. The summed E-state index contributed by atoms with van der Waals surface area (Å²) in [5.41, 5.74) is 2.79. The number of pyridine rings is 2. The Labute approximate surface area is 149 Å². The van der Waals surface area contributed by atoms with Crippen LogP contribution in [-0.4, -0.2) is 26.0 Å². The van der Waals surface area contributed by atoms with E-state index in [0.717, 1.165) is 21.8 Å². The van der Waals surface area contributed by atoms with E-state index in [1.807, 2.05) is 18.2 Å². The Morgan fingerprint density at radius 3 is 2.77 bits per heavy atom. The van der Waals surface area contributed by atoms with Gasteiger partial charge in [-0.2, -0.15) is 0 Å². The van der Waals surface area contributed by atoms with Crippen molar-refractivity contribution in [3.8, 4) is 0 Å². The number of fused-ring (bicyclic) bond motifs is 3. The van der Waals surface area contributed by atoms with Crippen molar-refractivity contribution < 1.29 is 9.90 Å². The van der Waals surface area contributed by atoms with Crippen LogP contribution in [0.2, 0.25) is 0 Å². The molecule has 0 amide bonds. The smallest absolute Gasteiger partial charge is 0.352 e. The molecule has 3 aromatic heterocycles. The predicted octanol–water partition coefficient (Wildman–Crippen LogP) is 4.68. The molecular weight excluding hydrogens is 328 g/mol. The first kappa shape index (κ1) is 16.1. The molecule has 3 N–H and O–H groups in total. The van der Waals surface area contributed by atoms with Crippen molar-refractivity contribution in [1.29, 1.82) is 0 Å². The maximum atomic E-state index is 11.3. The molecule has 0 aliphatic heterocycles. The molecule has 130 valence electrons. The van der Waals surface area contributed by atoms with Crippen LogP contribution in [0.5, 0.6) is 0 Å². The van der Waals surface area contributed by atoms with Gasteiger partial charge >= 0.3 is 5.97 Å². The van der Waals surface area contributed by atoms with E-state index < -0.39 is 5.97 Å². The van der Waals surface area contributed by atoms with E-state index in [1.165, 1.54) is 5.56 Å². The molecule has 26 heavy (non-hydrogen) atoms. The van der Waals surface area contributed by atoms with Crippen LogP contribution in [0.1, 0.15) is 35.8 Å². The molecule has 0 aliphatic rings. The minimum Gasteiger partial charge on any atom is -0.477 e. The molecule has 0 aliphatic carbocycles. The zero-order valence-corrected chi connectivity index (χ0v) is 14.4. The standard InChI is InChI=1S/C20H18N4O2/c1-11(2)12-4-3-5-13(8-12)22-18-14-6-7-21-10-16(14)15-9-17(20(25)26)23-19(15)24-18/h3-11H,1-2H3,(H,25,26)(H2,22,23,24). The van der Waals surface area contributed by atoms with Gasteiger partial charge in [0.2, 0.25) is 0 Å². The largest absolute Gasteiger partial charge is 0.477 e. The number of benzene rings is 1. The molecule has 0 bridgehead atoms. The zero-order valence-electron chi connectivity index (χ0n) is 14.4. The number of hydrogen-bond donors (Lipinski definition) is 3. The maximum Gasteiger partial charge on any atom is 0.352 e. The van der Waals surface area contributed by atoms with E-state index >= 15 is 0 Å². The molecule has 0 unspecified atom stereocenters. The van der Waals surface area contributed by atoms with Crippen LogP contribution >= 0.6 is 0 Å². The monoisotopic (exact) mass is 346 g/mol. The van der Waals surface area contributed by atoms with E-state index in [9.17, 15) is 9.90 Å². The SMILES string of the molecule is CC(C)c1cccc(Nc2nc3[nH]c(C(=O)O)cc3c3cnccc23)c1. The van der Waals surface area contributed by atoms with Gasteiger partial charge in [0.1, 0.15) is 17.2 Å². The minimum absolute atomic E-state index is 0.108. The fourth-order valence-electron chi connectivity index (χ4n) is 3.05. The summed E-state index contributed by atoms with van der Waals surface area (Å²) in [5, 5.41) is 15.1. The van der Waals surface area contributed by atoms with Crippen LogP contribution in [-0.2, 0) is 0 Å². The summed E-state index contributed by atoms with van der Waals surface area (Å²) >= 11 is 0. The molecule has 0 atom stereocenters. The van der Waals surface area contributed by atoms with Gasteiger partial charge in [0.05, 0.1) is 0 Å². The van der Waals surface area contributed by atoms with E-state index in [4.69, 9.17) is 0 Å². The quantitative estimate of drug-likeness (QED) is 0.499. The molecular formula is C20H18N4O2. The molecule has 1 aromatic carbocycles. The van der Waals surface area contributed by atoms with Crippen molar-refractivity contribution in [2.45, 2.75) is 19.8 Å². The number of nitrogens with zero attached hydrogens (tertiary/aromatic N) is 2. The summed E-state index contributed by atoms with van der Waals surface area (Å²) < 4.78 is 0. The van der Waals surface area contributed by atoms with E-state index in [-0.39, 0.29) is 5.69 Å². The molecule has 4 aromatic rings. The second kappa shape index (κ2) is 6.15. The molecule has 0 radical (unpaired) electrons. The third-order valence-electron chi connectivity index (χ3n) is 4.43. The summed E-state index contributed by atoms with van der Waals surface area (Å²) in [5.74, 6) is 0.0726. The fourth-order valence-corrected chi connectivity index (χ4v) is 3.05. The Kier molecular flexibility index (Phi) is 3.80. The Balaban J connectivity index is 1.88. The molecule has 6 nitrogen and oxygen atoms in total. The molecule has 4 rings (SSSR count). The Hall–Kier alpha value is -3.41. The van der Waals surface area contributed by atoms with Crippen LogP contribution in [0.4, 0.5) is 11.5 Å². The predicted molar refractivity (Wildman–Crippen MR) is 102 cm³/mol. The van der Waals surface area contributed by atoms with Gasteiger partial charge in [0, 0.05) is 34.2 Å². The first-order valence-corrected chi connectivity index (χ1v) is 8.39. The number of aromatic amines is 1. The number of carboxylic acid groups (broad SMARTS) is 1. The highest BCUT2D eigenvalue weighted by Crippen LogP contribution is 2.31. The van der Waals surface area contributed by atoms with Gasteiger partial charge in [-0.1, -0.05) is 26.0 Å². The summed E-state index contributed by atoms with van der Waals surface area (Å²) in [6, 6.07) is 11.7. The van der Waals surface area contributed by atoms with E-state index in [0.29, 0.717) is 17.4 Å². The summed E-state index contributed by atoms with van der Waals surface area (Å²) in [4.78, 5) is 23.0. The van der Waals surface area contributed by atoms with Crippen LogP contribution < -0.4 is 5.32 Å². The number of aromatic nitrogens is 3. The van der Waals surface area contributed by atoms with E-state index in [1.54, 1.807) is 18.5 Å². The third kappa shape index (κ3) is 2.75. The molecule has 3 heterocycles. The van der Waals surface area contributed by atoms with Crippen molar-refractivity contribution in [3.05, 3.63) is 60.0 Å². The molecule has 0 saturated carbocycles. The van der Waals surface area contributed by atoms with Crippen LogP contribution in [0.3, 0.4) is 0 Å². The Morgan fingerprint density at radius 2 is 2.00 bits per heavy atom. The van der Waals surface area contributed by atoms with Gasteiger partial charge in [0.15, 0.2) is 0 Å². The van der Waals surface area contributed by atoms with Crippen molar-refractivity contribution in [2.24, 2.45) is 0 Å². The van der Waals surface area contributed by atoms with E-state index in [2.05, 4.69) is 46.2 Å². The summed E-state index contributed by atoms with van der Waals surface area (Å²) in [6.45, 7) is 4.30. The van der Waals surface area contributed by atoms with Crippen molar-refractivity contribution in [3.63, 3.8) is 0 Å². The highest BCUT2D eigenvalue weighted by Gasteiger charge is 2.14. The topological polar surface area (TPSA) is 90.9 Å². The van der Waals surface area contributed by atoms with Crippen molar-refractivity contribution >= 4 is 39.3 Å². The van der Waals surface area contributed by atoms with Crippen LogP contribution in [0, 0.1) is 0 Å². The molecule has 0 fully saturated rings. The summed E-state index contributed by atoms with van der Waals surface area (Å²) in [6.07, 6.45) is 3.44. The number of carboxylic acids is 1. The number of carbonyl (C=O) groups is 1. The van der Waals surface area contributed by atoms with Crippen LogP contribution in [0.25, 0.3) is 21.8 Å². The lowest BCUT2D eigenvalue weighted by Crippen LogP contribution is -1.98. The number of anilines is 2. The van der Waals surface area contributed by atoms with Gasteiger partial charge in [-0.15, -0.1) is 0 Å². The fraction of sp³-hybridized carbons (Fsp3) is 0.150. The Bertz CT molecular complexity index is 1130. The zero-order chi connectivity index (χ0) is 18.3. The lowest BCUT2D eigenvalue weighted by Gasteiger charge is -2.12. The highest BCUT2D eigenvalue weighted by molar-refractivity contribution is 6.11.